The molecule has 6 atom stereocenters. The first-order chi connectivity index (χ1) is 14.8. The quantitative estimate of drug-likeness (QED) is 0.742. The van der Waals surface area contributed by atoms with Gasteiger partial charge in [0.1, 0.15) is 5.60 Å². The minimum absolute atomic E-state index is 0.0761. The smallest absolute Gasteiger partial charge is 0.410 e. The van der Waals surface area contributed by atoms with Crippen molar-refractivity contribution in [1.29, 1.82) is 0 Å². The van der Waals surface area contributed by atoms with Crippen molar-refractivity contribution in [3.63, 3.8) is 0 Å². The van der Waals surface area contributed by atoms with Gasteiger partial charge in [-0.05, 0) is 58.4 Å². The second-order valence-electron chi connectivity index (χ2n) is 11.1. The van der Waals surface area contributed by atoms with Crippen LogP contribution in [-0.4, -0.2) is 49.4 Å². The van der Waals surface area contributed by atoms with E-state index in [2.05, 4.69) is 33.8 Å². The lowest BCUT2D eigenvalue weighted by Crippen LogP contribution is -2.62. The SMILES string of the molecule is CC(C)(C)OC(=O)N1[C@@H]2CC[C@H]1CC1(C[C@H]([C@H]3c4ccccc4-c4cncn43)[C@H]1O)C2. The van der Waals surface area contributed by atoms with E-state index >= 15 is 0 Å². The van der Waals surface area contributed by atoms with Gasteiger partial charge in [0.2, 0.25) is 0 Å². The van der Waals surface area contributed by atoms with Crippen molar-refractivity contribution in [3.05, 3.63) is 42.4 Å². The van der Waals surface area contributed by atoms with Gasteiger partial charge in [-0.25, -0.2) is 9.78 Å². The summed E-state index contributed by atoms with van der Waals surface area (Å²) in [7, 11) is 0. The van der Waals surface area contributed by atoms with Crippen LogP contribution in [0.3, 0.4) is 0 Å². The Balaban J connectivity index is 1.23. The van der Waals surface area contributed by atoms with Crippen molar-refractivity contribution < 1.29 is 14.6 Å². The number of hydrogen-bond donors (Lipinski definition) is 1. The molecule has 1 aliphatic carbocycles. The number of carbonyl (C=O) groups excluding carboxylic acids is 1. The number of benzene rings is 1. The Labute approximate surface area is 183 Å². The zero-order valence-corrected chi connectivity index (χ0v) is 18.5. The molecule has 4 aliphatic rings. The summed E-state index contributed by atoms with van der Waals surface area (Å²) in [6.45, 7) is 5.76. The molecular weight excluding hydrogens is 390 g/mol. The van der Waals surface area contributed by atoms with Gasteiger partial charge in [0.25, 0.3) is 0 Å². The molecule has 2 saturated heterocycles. The van der Waals surface area contributed by atoms with E-state index in [1.807, 2.05) is 38.2 Å². The number of amides is 1. The van der Waals surface area contributed by atoms with Crippen LogP contribution in [0.25, 0.3) is 11.3 Å². The molecular formula is C25H31N3O3. The van der Waals surface area contributed by atoms with Crippen LogP contribution in [0.15, 0.2) is 36.8 Å². The van der Waals surface area contributed by atoms with Crippen molar-refractivity contribution >= 4 is 6.09 Å². The van der Waals surface area contributed by atoms with Crippen LogP contribution < -0.4 is 0 Å². The number of nitrogens with zero attached hydrogens (tertiary/aromatic N) is 3. The van der Waals surface area contributed by atoms with Gasteiger partial charge in [-0.15, -0.1) is 0 Å². The average molecular weight is 422 g/mol. The van der Waals surface area contributed by atoms with Crippen molar-refractivity contribution in [3.8, 4) is 11.3 Å². The molecule has 6 rings (SSSR count). The summed E-state index contributed by atoms with van der Waals surface area (Å²) >= 11 is 0. The minimum Gasteiger partial charge on any atom is -0.444 e. The monoisotopic (exact) mass is 421 g/mol. The van der Waals surface area contributed by atoms with E-state index in [-0.39, 0.29) is 41.7 Å². The first-order valence-corrected chi connectivity index (χ1v) is 11.6. The van der Waals surface area contributed by atoms with E-state index < -0.39 is 5.60 Å². The van der Waals surface area contributed by atoms with Crippen LogP contribution in [0.1, 0.15) is 64.5 Å². The molecule has 1 aromatic heterocycles. The van der Waals surface area contributed by atoms with Gasteiger partial charge in [-0.2, -0.15) is 0 Å². The molecule has 1 N–H and O–H groups in total. The van der Waals surface area contributed by atoms with Crippen molar-refractivity contribution in [2.75, 3.05) is 0 Å². The molecule has 4 heterocycles. The largest absolute Gasteiger partial charge is 0.444 e. The van der Waals surface area contributed by atoms with E-state index in [1.54, 1.807) is 0 Å². The molecule has 0 radical (unpaired) electrons. The highest BCUT2D eigenvalue weighted by Gasteiger charge is 2.63. The van der Waals surface area contributed by atoms with Crippen LogP contribution in [0, 0.1) is 11.3 Å². The Hall–Kier alpha value is -2.34. The third kappa shape index (κ3) is 2.73. The molecule has 2 aromatic rings. The summed E-state index contributed by atoms with van der Waals surface area (Å²) in [5.41, 5.74) is 3.12. The Bertz CT molecular complexity index is 1020. The predicted molar refractivity (Wildman–Crippen MR) is 116 cm³/mol. The highest BCUT2D eigenvalue weighted by molar-refractivity contribution is 5.70. The Morgan fingerprint density at radius 3 is 2.55 bits per heavy atom. The zero-order chi connectivity index (χ0) is 21.5. The van der Waals surface area contributed by atoms with Crippen LogP contribution in [0.5, 0.6) is 0 Å². The summed E-state index contributed by atoms with van der Waals surface area (Å²) in [5, 5.41) is 11.5. The molecule has 6 heteroatoms. The number of carbonyl (C=O) groups is 1. The second-order valence-corrected chi connectivity index (χ2v) is 11.1. The summed E-state index contributed by atoms with van der Waals surface area (Å²) in [4.78, 5) is 19.2. The number of rotatable bonds is 1. The molecule has 2 bridgehead atoms. The Morgan fingerprint density at radius 1 is 1.16 bits per heavy atom. The van der Waals surface area contributed by atoms with Gasteiger partial charge in [0.05, 0.1) is 30.4 Å². The average Bonchev–Trinajstić information content (AvgIpc) is 3.37. The van der Waals surface area contributed by atoms with E-state index in [1.165, 1.54) is 11.1 Å². The minimum atomic E-state index is -0.481. The summed E-state index contributed by atoms with van der Waals surface area (Å²) < 4.78 is 7.94. The number of aliphatic hydroxyl groups is 1. The fourth-order valence-electron chi connectivity index (χ4n) is 6.99. The summed E-state index contributed by atoms with van der Waals surface area (Å²) in [5.74, 6) is 0.184. The lowest BCUT2D eigenvalue weighted by Gasteiger charge is -2.59. The highest BCUT2D eigenvalue weighted by Crippen LogP contribution is 2.63. The maximum Gasteiger partial charge on any atom is 0.410 e. The third-order valence-electron chi connectivity index (χ3n) is 8.11. The lowest BCUT2D eigenvalue weighted by molar-refractivity contribution is -0.168. The predicted octanol–water partition coefficient (Wildman–Crippen LogP) is 4.38. The second kappa shape index (κ2) is 6.35. The van der Waals surface area contributed by atoms with Crippen LogP contribution in [0.4, 0.5) is 4.79 Å². The van der Waals surface area contributed by atoms with Crippen LogP contribution in [0.2, 0.25) is 0 Å². The van der Waals surface area contributed by atoms with Crippen molar-refractivity contribution in [2.45, 2.75) is 82.7 Å². The first kappa shape index (κ1) is 19.4. The number of ether oxygens (including phenoxy) is 1. The standard InChI is InChI=1S/C25H31N3O3/c1-24(2,3)31-23(30)28-15-8-9-16(28)11-25(10-15)12-19(22(25)29)21-18-7-5-4-6-17(18)20-13-26-14-27(20)21/h4-7,13-16,19,21-22,29H,8-12H2,1-3H3/t15-,16+,19-,21-,22-,25?/m1/s1. The molecule has 3 aliphatic heterocycles. The van der Waals surface area contributed by atoms with Crippen molar-refractivity contribution in [2.24, 2.45) is 11.3 Å². The highest BCUT2D eigenvalue weighted by atomic mass is 16.6. The van der Waals surface area contributed by atoms with E-state index in [0.717, 1.165) is 37.8 Å². The molecule has 1 spiro atoms. The van der Waals surface area contributed by atoms with Gasteiger partial charge < -0.3 is 19.3 Å². The maximum absolute atomic E-state index is 12.8. The molecule has 1 saturated carbocycles. The fraction of sp³-hybridized carbons (Fsp3) is 0.600. The van der Waals surface area contributed by atoms with Gasteiger partial charge in [0.15, 0.2) is 0 Å². The Kier molecular flexibility index (Phi) is 3.96. The van der Waals surface area contributed by atoms with E-state index in [0.29, 0.717) is 0 Å². The fourth-order valence-corrected chi connectivity index (χ4v) is 6.99. The van der Waals surface area contributed by atoms with Crippen molar-refractivity contribution in [1.82, 2.24) is 14.5 Å². The molecule has 1 unspecified atom stereocenters. The van der Waals surface area contributed by atoms with Gasteiger partial charge in [-0.3, -0.25) is 0 Å². The number of aromatic nitrogens is 2. The number of fused-ring (bicyclic) bond motifs is 5. The topological polar surface area (TPSA) is 67.6 Å². The van der Waals surface area contributed by atoms with Gasteiger partial charge in [-0.1, -0.05) is 24.3 Å². The first-order valence-electron chi connectivity index (χ1n) is 11.6. The summed E-state index contributed by atoms with van der Waals surface area (Å²) in [6, 6.07) is 9.03. The number of piperidine rings is 1. The molecule has 164 valence electrons. The number of hydrogen-bond acceptors (Lipinski definition) is 4. The summed E-state index contributed by atoms with van der Waals surface area (Å²) in [6.07, 6.45) is 8.08. The molecule has 3 fully saturated rings. The number of aliphatic hydroxyl groups excluding tert-OH is 1. The normalized spacial score (nSPS) is 35.6. The third-order valence-corrected chi connectivity index (χ3v) is 8.11. The molecule has 6 nitrogen and oxygen atoms in total. The van der Waals surface area contributed by atoms with E-state index in [4.69, 9.17) is 4.74 Å². The van der Waals surface area contributed by atoms with Crippen LogP contribution >= 0.6 is 0 Å². The molecule has 1 amide bonds. The molecule has 31 heavy (non-hydrogen) atoms. The zero-order valence-electron chi connectivity index (χ0n) is 18.5. The van der Waals surface area contributed by atoms with E-state index in [9.17, 15) is 9.90 Å². The number of imidazole rings is 1. The van der Waals surface area contributed by atoms with Crippen LogP contribution in [-0.2, 0) is 4.74 Å². The van der Waals surface area contributed by atoms with Gasteiger partial charge in [0, 0.05) is 29.0 Å². The van der Waals surface area contributed by atoms with Gasteiger partial charge >= 0.3 is 6.09 Å². The Morgan fingerprint density at radius 2 is 1.87 bits per heavy atom. The maximum atomic E-state index is 12.8. The molecule has 1 aromatic carbocycles. The lowest BCUT2D eigenvalue weighted by atomic mass is 9.51.